The van der Waals surface area contributed by atoms with E-state index in [2.05, 4.69) is 10.0 Å². The van der Waals surface area contributed by atoms with Gasteiger partial charge in [-0.05, 0) is 37.3 Å². The molecular formula is C16H16ClN3O6S. The molecule has 0 saturated heterocycles. The maximum atomic E-state index is 12.3. The number of methoxy groups -OCH3 is 1. The zero-order valence-corrected chi connectivity index (χ0v) is 15.9. The Balaban J connectivity index is 2.17. The maximum Gasteiger partial charge on any atom is 0.271 e. The average Bonchev–Trinajstić information content (AvgIpc) is 2.61. The number of amides is 1. The average molecular weight is 414 g/mol. The summed E-state index contributed by atoms with van der Waals surface area (Å²) < 4.78 is 31.9. The molecule has 0 spiro atoms. The normalized spacial score (nSPS) is 12.3. The molecule has 0 aliphatic rings. The molecule has 144 valence electrons. The van der Waals surface area contributed by atoms with E-state index in [9.17, 15) is 23.3 Å². The van der Waals surface area contributed by atoms with Crippen LogP contribution >= 0.6 is 11.6 Å². The van der Waals surface area contributed by atoms with Crippen LogP contribution in [-0.2, 0) is 14.8 Å². The standard InChI is InChI=1S/C16H16ClN3O6S/c1-10(19-27(24,25)13-6-3-11(17)4-7-13)16(21)18-14-9-12(20(22)23)5-8-15(14)26-2/h3-10,19H,1-2H3,(H,18,21). The lowest BCUT2D eigenvalue weighted by atomic mass is 10.2. The largest absolute Gasteiger partial charge is 0.495 e. The van der Waals surface area contributed by atoms with Crippen LogP contribution in [-0.4, -0.2) is 32.4 Å². The van der Waals surface area contributed by atoms with E-state index in [1.54, 1.807) is 0 Å². The molecule has 9 nitrogen and oxygen atoms in total. The van der Waals surface area contributed by atoms with Crippen LogP contribution in [0.25, 0.3) is 0 Å². The van der Waals surface area contributed by atoms with Crippen LogP contribution < -0.4 is 14.8 Å². The Morgan fingerprint density at radius 1 is 1.22 bits per heavy atom. The SMILES string of the molecule is COc1ccc([N+](=O)[O-])cc1NC(=O)C(C)NS(=O)(=O)c1ccc(Cl)cc1. The molecule has 2 rings (SSSR count). The van der Waals surface area contributed by atoms with Crippen molar-refractivity contribution in [3.8, 4) is 5.75 Å². The molecule has 11 heteroatoms. The molecule has 0 radical (unpaired) electrons. The van der Waals surface area contributed by atoms with E-state index in [-0.39, 0.29) is 22.0 Å². The van der Waals surface area contributed by atoms with E-state index in [4.69, 9.17) is 16.3 Å². The molecule has 27 heavy (non-hydrogen) atoms. The Morgan fingerprint density at radius 3 is 2.41 bits per heavy atom. The number of anilines is 1. The van der Waals surface area contributed by atoms with E-state index in [0.717, 1.165) is 6.07 Å². The van der Waals surface area contributed by atoms with Crippen LogP contribution in [0.15, 0.2) is 47.4 Å². The van der Waals surface area contributed by atoms with Crippen LogP contribution in [0.5, 0.6) is 5.75 Å². The number of ether oxygens (including phenoxy) is 1. The highest BCUT2D eigenvalue weighted by Gasteiger charge is 2.23. The first-order valence-corrected chi connectivity index (χ1v) is 9.41. The van der Waals surface area contributed by atoms with Gasteiger partial charge in [-0.25, -0.2) is 8.42 Å². The summed E-state index contributed by atoms with van der Waals surface area (Å²) in [4.78, 5) is 22.6. The topological polar surface area (TPSA) is 128 Å². The summed E-state index contributed by atoms with van der Waals surface area (Å²) in [7, 11) is -2.62. The molecule has 0 aliphatic carbocycles. The zero-order valence-electron chi connectivity index (χ0n) is 14.3. The third kappa shape index (κ3) is 5.16. The van der Waals surface area contributed by atoms with E-state index >= 15 is 0 Å². The summed E-state index contributed by atoms with van der Waals surface area (Å²) in [5.41, 5.74) is -0.199. The molecule has 2 aromatic carbocycles. The molecule has 1 amide bonds. The predicted molar refractivity (Wildman–Crippen MR) is 99.5 cm³/mol. The van der Waals surface area contributed by atoms with Gasteiger partial charge in [0.15, 0.2) is 0 Å². The predicted octanol–water partition coefficient (Wildman–Crippen LogP) is 2.56. The summed E-state index contributed by atoms with van der Waals surface area (Å²) in [6.07, 6.45) is 0. The van der Waals surface area contributed by atoms with Gasteiger partial charge in [0.1, 0.15) is 5.75 Å². The number of hydrogen-bond acceptors (Lipinski definition) is 6. The highest BCUT2D eigenvalue weighted by molar-refractivity contribution is 7.89. The van der Waals surface area contributed by atoms with Gasteiger partial charge in [0.25, 0.3) is 5.69 Å². The van der Waals surface area contributed by atoms with Crippen molar-refractivity contribution in [2.45, 2.75) is 17.9 Å². The third-order valence-electron chi connectivity index (χ3n) is 3.50. The number of nitrogens with one attached hydrogen (secondary N) is 2. The first kappa shape index (κ1) is 20.6. The van der Waals surface area contributed by atoms with Crippen molar-refractivity contribution >= 4 is 38.9 Å². The fourth-order valence-electron chi connectivity index (χ4n) is 2.12. The number of hydrogen-bond donors (Lipinski definition) is 2. The van der Waals surface area contributed by atoms with Gasteiger partial charge in [-0.2, -0.15) is 4.72 Å². The molecule has 0 aromatic heterocycles. The number of nitro benzene ring substituents is 1. The Kier molecular flexibility index (Phi) is 6.37. The van der Waals surface area contributed by atoms with Crippen molar-refractivity contribution in [2.75, 3.05) is 12.4 Å². The van der Waals surface area contributed by atoms with Crippen molar-refractivity contribution in [1.82, 2.24) is 4.72 Å². The summed E-state index contributed by atoms with van der Waals surface area (Å²) in [6, 6.07) is 7.95. The van der Waals surface area contributed by atoms with E-state index in [1.807, 2.05) is 0 Å². The molecule has 1 unspecified atom stereocenters. The summed E-state index contributed by atoms with van der Waals surface area (Å²) in [6.45, 7) is 1.34. The van der Waals surface area contributed by atoms with Crippen molar-refractivity contribution in [3.05, 3.63) is 57.6 Å². The Labute approximate surface area is 160 Å². The molecule has 0 aliphatic heterocycles. The molecule has 2 aromatic rings. The first-order valence-electron chi connectivity index (χ1n) is 7.55. The number of sulfonamides is 1. The second-order valence-electron chi connectivity index (χ2n) is 5.43. The monoisotopic (exact) mass is 413 g/mol. The number of rotatable bonds is 7. The fourth-order valence-corrected chi connectivity index (χ4v) is 3.45. The molecule has 0 bridgehead atoms. The third-order valence-corrected chi connectivity index (χ3v) is 5.31. The second kappa shape index (κ2) is 8.33. The smallest absolute Gasteiger partial charge is 0.271 e. The quantitative estimate of drug-likeness (QED) is 0.530. The lowest BCUT2D eigenvalue weighted by Gasteiger charge is -2.16. The summed E-state index contributed by atoms with van der Waals surface area (Å²) in [5.74, 6) is -0.520. The van der Waals surface area contributed by atoms with Crippen LogP contribution in [0.3, 0.4) is 0 Å². The minimum absolute atomic E-state index is 0.0502. The van der Waals surface area contributed by atoms with Gasteiger partial charge in [-0.3, -0.25) is 14.9 Å². The van der Waals surface area contributed by atoms with Crippen molar-refractivity contribution < 1.29 is 22.9 Å². The van der Waals surface area contributed by atoms with Crippen molar-refractivity contribution in [2.24, 2.45) is 0 Å². The Morgan fingerprint density at radius 2 is 1.85 bits per heavy atom. The van der Waals surface area contributed by atoms with Gasteiger partial charge >= 0.3 is 0 Å². The highest BCUT2D eigenvalue weighted by Crippen LogP contribution is 2.29. The number of halogens is 1. The zero-order chi connectivity index (χ0) is 20.2. The molecule has 0 saturated carbocycles. The maximum absolute atomic E-state index is 12.3. The lowest BCUT2D eigenvalue weighted by molar-refractivity contribution is -0.384. The van der Waals surface area contributed by atoms with Crippen LogP contribution in [0.2, 0.25) is 5.02 Å². The van der Waals surface area contributed by atoms with Crippen molar-refractivity contribution in [3.63, 3.8) is 0 Å². The number of carbonyl (C=O) groups excluding carboxylic acids is 1. The molecule has 2 N–H and O–H groups in total. The van der Waals surface area contributed by atoms with Gasteiger partial charge in [0.05, 0.1) is 28.7 Å². The number of nitrogens with zero attached hydrogens (tertiary/aromatic N) is 1. The highest BCUT2D eigenvalue weighted by atomic mass is 35.5. The molecular weight excluding hydrogens is 398 g/mol. The van der Waals surface area contributed by atoms with Gasteiger partial charge in [0.2, 0.25) is 15.9 Å². The number of non-ortho nitro benzene ring substituents is 1. The van der Waals surface area contributed by atoms with Crippen LogP contribution in [0.1, 0.15) is 6.92 Å². The summed E-state index contributed by atoms with van der Waals surface area (Å²) >= 11 is 5.73. The van der Waals surface area contributed by atoms with Gasteiger partial charge in [-0.15, -0.1) is 0 Å². The number of carbonyl (C=O) groups is 1. The van der Waals surface area contributed by atoms with Gasteiger partial charge in [-0.1, -0.05) is 11.6 Å². The number of benzene rings is 2. The van der Waals surface area contributed by atoms with E-state index in [1.165, 1.54) is 50.4 Å². The summed E-state index contributed by atoms with van der Waals surface area (Å²) in [5, 5.41) is 13.7. The molecule has 0 heterocycles. The van der Waals surface area contributed by atoms with Crippen LogP contribution in [0, 0.1) is 10.1 Å². The second-order valence-corrected chi connectivity index (χ2v) is 7.58. The Bertz CT molecular complexity index is 963. The van der Waals surface area contributed by atoms with Crippen molar-refractivity contribution in [1.29, 1.82) is 0 Å². The molecule has 0 fully saturated rings. The van der Waals surface area contributed by atoms with E-state index < -0.39 is 26.9 Å². The fraction of sp³-hybridized carbons (Fsp3) is 0.188. The number of nitro groups is 1. The minimum Gasteiger partial charge on any atom is -0.495 e. The minimum atomic E-state index is -3.96. The Hall–Kier alpha value is -2.69. The lowest BCUT2D eigenvalue weighted by Crippen LogP contribution is -2.41. The van der Waals surface area contributed by atoms with Gasteiger partial charge in [0, 0.05) is 17.2 Å². The molecule has 1 atom stereocenters. The van der Waals surface area contributed by atoms with E-state index in [0.29, 0.717) is 5.02 Å². The van der Waals surface area contributed by atoms with Crippen LogP contribution in [0.4, 0.5) is 11.4 Å². The first-order chi connectivity index (χ1) is 12.6. The van der Waals surface area contributed by atoms with Gasteiger partial charge < -0.3 is 10.1 Å².